The Morgan fingerprint density at radius 3 is 2.60 bits per heavy atom. The number of hydrogen-bond acceptors (Lipinski definition) is 2. The molecule has 2 aliphatic rings. The van der Waals surface area contributed by atoms with E-state index in [1.807, 2.05) is 0 Å². The van der Waals surface area contributed by atoms with Crippen molar-refractivity contribution in [1.29, 1.82) is 0 Å². The Bertz CT molecular complexity index is 201. The van der Waals surface area contributed by atoms with Crippen molar-refractivity contribution in [2.24, 2.45) is 17.6 Å². The predicted molar refractivity (Wildman–Crippen MR) is 64.7 cm³/mol. The molecule has 1 aliphatic heterocycles. The Morgan fingerprint density at radius 2 is 2.07 bits per heavy atom. The summed E-state index contributed by atoms with van der Waals surface area (Å²) in [6.45, 7) is 7.14. The molecule has 3 atom stereocenters. The van der Waals surface area contributed by atoms with Crippen molar-refractivity contribution in [3.05, 3.63) is 0 Å². The van der Waals surface area contributed by atoms with Crippen molar-refractivity contribution in [3.63, 3.8) is 0 Å². The van der Waals surface area contributed by atoms with E-state index >= 15 is 0 Å². The summed E-state index contributed by atoms with van der Waals surface area (Å²) in [5.41, 5.74) is 6.05. The van der Waals surface area contributed by atoms with Gasteiger partial charge in [0.1, 0.15) is 0 Å². The van der Waals surface area contributed by atoms with Gasteiger partial charge in [0.15, 0.2) is 0 Å². The third kappa shape index (κ3) is 2.73. The molecule has 0 aromatic carbocycles. The normalized spacial score (nSPS) is 36.2. The van der Waals surface area contributed by atoms with Gasteiger partial charge < -0.3 is 10.6 Å². The van der Waals surface area contributed by atoms with Gasteiger partial charge in [0.05, 0.1) is 0 Å². The summed E-state index contributed by atoms with van der Waals surface area (Å²) < 4.78 is 0. The molecule has 3 unspecified atom stereocenters. The molecule has 2 rings (SSSR count). The molecule has 88 valence electrons. The molecule has 2 fully saturated rings. The molecule has 0 aromatic heterocycles. The zero-order valence-electron chi connectivity index (χ0n) is 10.3. The third-order valence-corrected chi connectivity index (χ3v) is 4.53. The number of nitrogens with two attached hydrogens (primary N) is 1. The first-order valence-electron chi connectivity index (χ1n) is 6.66. The van der Waals surface area contributed by atoms with Crippen LogP contribution < -0.4 is 5.73 Å². The topological polar surface area (TPSA) is 29.3 Å². The Labute approximate surface area is 94.2 Å². The van der Waals surface area contributed by atoms with Gasteiger partial charge in [0, 0.05) is 18.6 Å². The van der Waals surface area contributed by atoms with E-state index in [0.29, 0.717) is 12.0 Å². The molecule has 0 aromatic rings. The van der Waals surface area contributed by atoms with Crippen LogP contribution in [0.5, 0.6) is 0 Å². The highest BCUT2D eigenvalue weighted by atomic mass is 15.2. The third-order valence-electron chi connectivity index (χ3n) is 4.53. The van der Waals surface area contributed by atoms with E-state index in [4.69, 9.17) is 5.73 Å². The maximum absolute atomic E-state index is 6.05. The molecule has 2 N–H and O–H groups in total. The summed E-state index contributed by atoms with van der Waals surface area (Å²) >= 11 is 0. The van der Waals surface area contributed by atoms with Crippen LogP contribution in [0.1, 0.15) is 46.0 Å². The predicted octanol–water partition coefficient (Wildman–Crippen LogP) is 2.23. The van der Waals surface area contributed by atoms with E-state index in [9.17, 15) is 0 Å². The Balaban J connectivity index is 1.77. The average molecular weight is 210 g/mol. The molecular weight excluding hydrogens is 184 g/mol. The van der Waals surface area contributed by atoms with Crippen molar-refractivity contribution in [2.45, 2.75) is 58.0 Å². The summed E-state index contributed by atoms with van der Waals surface area (Å²) in [5, 5.41) is 0. The largest absolute Gasteiger partial charge is 0.327 e. The minimum Gasteiger partial charge on any atom is -0.327 e. The van der Waals surface area contributed by atoms with Crippen molar-refractivity contribution >= 4 is 0 Å². The van der Waals surface area contributed by atoms with Crippen LogP contribution in [0.2, 0.25) is 0 Å². The second-order valence-corrected chi connectivity index (χ2v) is 5.81. The van der Waals surface area contributed by atoms with Crippen molar-refractivity contribution < 1.29 is 0 Å². The van der Waals surface area contributed by atoms with Gasteiger partial charge in [-0.05, 0) is 38.1 Å². The van der Waals surface area contributed by atoms with Gasteiger partial charge in [-0.15, -0.1) is 0 Å². The molecule has 0 radical (unpaired) electrons. The van der Waals surface area contributed by atoms with Gasteiger partial charge in [-0.3, -0.25) is 0 Å². The molecule has 1 saturated carbocycles. The molecule has 0 amide bonds. The maximum atomic E-state index is 6.05. The van der Waals surface area contributed by atoms with Gasteiger partial charge in [-0.25, -0.2) is 0 Å². The second kappa shape index (κ2) is 4.84. The SMILES string of the molecule is CC1CN(C(C)CC2CCC2)CCC1N. The van der Waals surface area contributed by atoms with Crippen LogP contribution in [0.25, 0.3) is 0 Å². The number of piperidine rings is 1. The fourth-order valence-corrected chi connectivity index (χ4v) is 2.96. The summed E-state index contributed by atoms with van der Waals surface area (Å²) in [6.07, 6.45) is 7.04. The van der Waals surface area contributed by atoms with E-state index in [2.05, 4.69) is 18.7 Å². The number of rotatable bonds is 3. The molecule has 0 bridgehead atoms. The fraction of sp³-hybridized carbons (Fsp3) is 1.00. The van der Waals surface area contributed by atoms with Crippen LogP contribution in [-0.2, 0) is 0 Å². The average Bonchev–Trinajstić information content (AvgIpc) is 2.15. The summed E-state index contributed by atoms with van der Waals surface area (Å²) in [5.74, 6) is 1.72. The first kappa shape index (κ1) is 11.4. The van der Waals surface area contributed by atoms with Crippen LogP contribution in [0, 0.1) is 11.8 Å². The quantitative estimate of drug-likeness (QED) is 0.774. The lowest BCUT2D eigenvalue weighted by Gasteiger charge is -2.41. The van der Waals surface area contributed by atoms with Crippen molar-refractivity contribution in [3.8, 4) is 0 Å². The zero-order chi connectivity index (χ0) is 10.8. The van der Waals surface area contributed by atoms with E-state index in [1.165, 1.54) is 45.2 Å². The van der Waals surface area contributed by atoms with Gasteiger partial charge in [0.2, 0.25) is 0 Å². The molecule has 2 heteroatoms. The van der Waals surface area contributed by atoms with Gasteiger partial charge >= 0.3 is 0 Å². The number of likely N-dealkylation sites (tertiary alicyclic amines) is 1. The Kier molecular flexibility index (Phi) is 3.68. The highest BCUT2D eigenvalue weighted by Gasteiger charge is 2.28. The first-order chi connectivity index (χ1) is 7.16. The fourth-order valence-electron chi connectivity index (χ4n) is 2.96. The molecule has 1 saturated heterocycles. The van der Waals surface area contributed by atoms with E-state index in [0.717, 1.165) is 12.0 Å². The lowest BCUT2D eigenvalue weighted by molar-refractivity contribution is 0.0977. The lowest BCUT2D eigenvalue weighted by atomic mass is 9.80. The van der Waals surface area contributed by atoms with Gasteiger partial charge in [0.25, 0.3) is 0 Å². The van der Waals surface area contributed by atoms with Crippen LogP contribution in [-0.4, -0.2) is 30.1 Å². The zero-order valence-corrected chi connectivity index (χ0v) is 10.3. The minimum absolute atomic E-state index is 0.442. The smallest absolute Gasteiger partial charge is 0.00889 e. The minimum atomic E-state index is 0.442. The van der Waals surface area contributed by atoms with Crippen molar-refractivity contribution in [1.82, 2.24) is 4.90 Å². The molecular formula is C13H26N2. The summed E-state index contributed by atoms with van der Waals surface area (Å²) in [7, 11) is 0. The number of hydrogen-bond donors (Lipinski definition) is 1. The monoisotopic (exact) mass is 210 g/mol. The number of nitrogens with zero attached hydrogens (tertiary/aromatic N) is 1. The Morgan fingerprint density at radius 1 is 1.33 bits per heavy atom. The van der Waals surface area contributed by atoms with E-state index < -0.39 is 0 Å². The molecule has 2 nitrogen and oxygen atoms in total. The Hall–Kier alpha value is -0.0800. The van der Waals surface area contributed by atoms with Crippen LogP contribution in [0.3, 0.4) is 0 Å². The maximum Gasteiger partial charge on any atom is 0.00889 e. The first-order valence-corrected chi connectivity index (χ1v) is 6.66. The molecule has 0 spiro atoms. The van der Waals surface area contributed by atoms with Crippen molar-refractivity contribution in [2.75, 3.05) is 13.1 Å². The molecule has 15 heavy (non-hydrogen) atoms. The van der Waals surface area contributed by atoms with Crippen LogP contribution in [0.4, 0.5) is 0 Å². The van der Waals surface area contributed by atoms with Crippen LogP contribution in [0.15, 0.2) is 0 Å². The second-order valence-electron chi connectivity index (χ2n) is 5.81. The van der Waals surface area contributed by atoms with Gasteiger partial charge in [-0.1, -0.05) is 26.2 Å². The summed E-state index contributed by atoms with van der Waals surface area (Å²) in [4.78, 5) is 2.66. The van der Waals surface area contributed by atoms with Gasteiger partial charge in [-0.2, -0.15) is 0 Å². The molecule has 1 heterocycles. The standard InChI is InChI=1S/C13H26N2/c1-10-9-15(7-6-13(10)14)11(2)8-12-4-3-5-12/h10-13H,3-9,14H2,1-2H3. The summed E-state index contributed by atoms with van der Waals surface area (Å²) in [6, 6.07) is 1.22. The molecule has 1 aliphatic carbocycles. The highest BCUT2D eigenvalue weighted by molar-refractivity contribution is 4.84. The van der Waals surface area contributed by atoms with E-state index in [1.54, 1.807) is 0 Å². The van der Waals surface area contributed by atoms with Crippen LogP contribution >= 0.6 is 0 Å². The van der Waals surface area contributed by atoms with E-state index in [-0.39, 0.29) is 0 Å². The highest BCUT2D eigenvalue weighted by Crippen LogP contribution is 2.32. The lowest BCUT2D eigenvalue weighted by Crippen LogP contribution is -2.49.